The number of hydrogen-bond acceptors (Lipinski definition) is 6. The van der Waals surface area contributed by atoms with Crippen molar-refractivity contribution >= 4 is 47.1 Å². The number of aliphatic imine (C=N–C) groups is 1. The predicted molar refractivity (Wildman–Crippen MR) is 119 cm³/mol. The van der Waals surface area contributed by atoms with Crippen molar-refractivity contribution in [3.63, 3.8) is 0 Å². The summed E-state index contributed by atoms with van der Waals surface area (Å²) >= 11 is 12.2. The minimum absolute atomic E-state index is 0.0903. The van der Waals surface area contributed by atoms with Gasteiger partial charge in [0.15, 0.2) is 5.70 Å². The van der Waals surface area contributed by atoms with Gasteiger partial charge in [0.2, 0.25) is 10.8 Å². The number of carbonyl (C=O) groups is 2. The molecule has 1 aliphatic rings. The Morgan fingerprint density at radius 1 is 1.06 bits per heavy atom. The monoisotopic (exact) mass is 468 g/mol. The van der Waals surface area contributed by atoms with Crippen molar-refractivity contribution in [1.82, 2.24) is 4.98 Å². The van der Waals surface area contributed by atoms with Gasteiger partial charge >= 0.3 is 11.9 Å². The molecule has 0 bridgehead atoms. The quantitative estimate of drug-likeness (QED) is 0.235. The molecule has 160 valence electrons. The molecule has 0 radical (unpaired) electrons. The number of halogens is 2. The summed E-state index contributed by atoms with van der Waals surface area (Å²) in [7, 11) is 0. The molecule has 0 saturated heterocycles. The second-order valence-corrected chi connectivity index (χ2v) is 7.61. The molecule has 1 aliphatic heterocycles. The molecule has 1 N–H and O–H groups in total. The van der Waals surface area contributed by atoms with Crippen molar-refractivity contribution in [2.24, 2.45) is 4.99 Å². The molecule has 1 unspecified atom stereocenters. The largest absolute Gasteiger partial charge is 0.479 e. The fraction of sp³-hybridized carbons (Fsp3) is 0.0435. The molecule has 3 aromatic rings. The zero-order valence-corrected chi connectivity index (χ0v) is 17.7. The molecule has 1 aromatic heterocycles. The van der Waals surface area contributed by atoms with E-state index in [4.69, 9.17) is 32.7 Å². The van der Waals surface area contributed by atoms with E-state index in [0.717, 1.165) is 0 Å². The number of carboxylic acid groups (broad SMARTS) is 1. The molecule has 2 heterocycles. The number of aliphatic carboxylic acids is 1. The van der Waals surface area contributed by atoms with E-state index in [1.165, 1.54) is 24.4 Å². The third kappa shape index (κ3) is 4.34. The summed E-state index contributed by atoms with van der Waals surface area (Å²) in [5.74, 6) is -1.68. The van der Waals surface area contributed by atoms with E-state index in [2.05, 4.69) is 9.98 Å². The summed E-state index contributed by atoms with van der Waals surface area (Å²) in [6.07, 6.45) is 2.93. The van der Waals surface area contributed by atoms with Crippen molar-refractivity contribution in [2.75, 3.05) is 0 Å². The number of alkyl halides is 1. The smallest absolute Gasteiger partial charge is 0.363 e. The van der Waals surface area contributed by atoms with Crippen LogP contribution in [0.2, 0.25) is 5.15 Å². The molecule has 9 heteroatoms. The molecular formula is C23H14Cl2N2O5. The number of carboxylic acids is 1. The molecule has 7 nitrogen and oxygen atoms in total. The van der Waals surface area contributed by atoms with Gasteiger partial charge in [-0.1, -0.05) is 65.7 Å². The van der Waals surface area contributed by atoms with Crippen LogP contribution in [0.15, 0.2) is 83.6 Å². The van der Waals surface area contributed by atoms with Crippen molar-refractivity contribution in [2.45, 2.75) is 4.87 Å². The van der Waals surface area contributed by atoms with Gasteiger partial charge in [0.25, 0.3) is 0 Å². The van der Waals surface area contributed by atoms with Crippen LogP contribution in [0.5, 0.6) is 11.5 Å². The summed E-state index contributed by atoms with van der Waals surface area (Å²) in [6, 6.07) is 18.1. The number of pyridine rings is 1. The van der Waals surface area contributed by atoms with Gasteiger partial charge in [-0.05, 0) is 41.5 Å². The highest BCUT2D eigenvalue weighted by atomic mass is 35.5. The van der Waals surface area contributed by atoms with E-state index in [0.29, 0.717) is 22.2 Å². The van der Waals surface area contributed by atoms with E-state index in [9.17, 15) is 14.7 Å². The lowest BCUT2D eigenvalue weighted by atomic mass is 9.98. The van der Waals surface area contributed by atoms with E-state index in [-0.39, 0.29) is 11.3 Å². The lowest BCUT2D eigenvalue weighted by Crippen LogP contribution is -2.39. The Morgan fingerprint density at radius 3 is 2.53 bits per heavy atom. The predicted octanol–water partition coefficient (Wildman–Crippen LogP) is 5.04. The van der Waals surface area contributed by atoms with Crippen LogP contribution in [0.4, 0.5) is 0 Å². The Morgan fingerprint density at radius 2 is 1.84 bits per heavy atom. The summed E-state index contributed by atoms with van der Waals surface area (Å²) in [5.41, 5.74) is 0.707. The number of aromatic nitrogens is 1. The van der Waals surface area contributed by atoms with Crippen molar-refractivity contribution in [3.05, 3.63) is 94.9 Å². The molecule has 32 heavy (non-hydrogen) atoms. The summed E-state index contributed by atoms with van der Waals surface area (Å²) in [6.45, 7) is 0. The Labute approximate surface area is 192 Å². The van der Waals surface area contributed by atoms with Gasteiger partial charge in [0, 0.05) is 0 Å². The number of esters is 1. The first-order valence-corrected chi connectivity index (χ1v) is 10.0. The number of rotatable bonds is 6. The highest BCUT2D eigenvalue weighted by Gasteiger charge is 2.49. The lowest BCUT2D eigenvalue weighted by Gasteiger charge is -2.20. The van der Waals surface area contributed by atoms with Crippen LogP contribution in [0.25, 0.3) is 6.08 Å². The van der Waals surface area contributed by atoms with E-state index >= 15 is 0 Å². The summed E-state index contributed by atoms with van der Waals surface area (Å²) in [5, 5.41) is 10.1. The molecule has 0 amide bonds. The van der Waals surface area contributed by atoms with Crippen molar-refractivity contribution in [3.8, 4) is 11.5 Å². The first-order chi connectivity index (χ1) is 15.4. The Hall–Kier alpha value is -3.68. The van der Waals surface area contributed by atoms with Crippen molar-refractivity contribution in [1.29, 1.82) is 0 Å². The third-order valence-corrected chi connectivity index (χ3v) is 5.24. The summed E-state index contributed by atoms with van der Waals surface area (Å²) in [4.78, 5) is 30.3. The zero-order valence-electron chi connectivity index (χ0n) is 16.2. The van der Waals surface area contributed by atoms with E-state index in [1.54, 1.807) is 54.6 Å². The van der Waals surface area contributed by atoms with Crippen LogP contribution in [0, 0.1) is 0 Å². The highest BCUT2D eigenvalue weighted by Crippen LogP contribution is 2.35. The first kappa shape index (κ1) is 21.5. The highest BCUT2D eigenvalue weighted by molar-refractivity contribution is 6.46. The van der Waals surface area contributed by atoms with Crippen LogP contribution in [0.1, 0.15) is 11.1 Å². The molecule has 0 spiro atoms. The van der Waals surface area contributed by atoms with E-state index in [1.807, 2.05) is 0 Å². The molecule has 4 rings (SSSR count). The fourth-order valence-electron chi connectivity index (χ4n) is 2.95. The second kappa shape index (κ2) is 8.82. The van der Waals surface area contributed by atoms with Gasteiger partial charge in [0.1, 0.15) is 16.7 Å². The lowest BCUT2D eigenvalue weighted by molar-refractivity contribution is -0.139. The van der Waals surface area contributed by atoms with Gasteiger partial charge in [-0.3, -0.25) is 0 Å². The molecule has 2 aromatic carbocycles. The molecule has 1 atom stereocenters. The second-order valence-electron chi connectivity index (χ2n) is 6.66. The standard InChI is InChI=1S/C23H14Cl2N2O5/c24-19-10-9-17(13-26-19)31-16-8-4-5-14(11-16)12-18-20(28)32-21(27-18)23(25,22(29)30)15-6-2-1-3-7-15/h1-13H,(H,29,30). The number of benzene rings is 2. The maximum atomic E-state index is 12.4. The van der Waals surface area contributed by atoms with E-state index < -0.39 is 22.7 Å². The topological polar surface area (TPSA) is 98.1 Å². The Balaban J connectivity index is 1.64. The summed E-state index contributed by atoms with van der Waals surface area (Å²) < 4.78 is 10.9. The van der Waals surface area contributed by atoms with Crippen LogP contribution in [-0.2, 0) is 19.2 Å². The Bertz CT molecular complexity index is 1240. The van der Waals surface area contributed by atoms with Gasteiger partial charge in [-0.2, -0.15) is 0 Å². The third-order valence-electron chi connectivity index (χ3n) is 4.48. The zero-order chi connectivity index (χ0) is 22.7. The molecule has 0 aliphatic carbocycles. The fourth-order valence-corrected chi connectivity index (χ4v) is 3.27. The molecule has 0 fully saturated rings. The number of ether oxygens (including phenoxy) is 2. The number of cyclic esters (lactones) is 1. The van der Waals surface area contributed by atoms with Crippen LogP contribution < -0.4 is 4.74 Å². The molecule has 0 saturated carbocycles. The maximum absolute atomic E-state index is 12.4. The van der Waals surface area contributed by atoms with Crippen LogP contribution >= 0.6 is 23.2 Å². The van der Waals surface area contributed by atoms with Crippen LogP contribution in [-0.4, -0.2) is 27.9 Å². The minimum Gasteiger partial charge on any atom is -0.479 e. The maximum Gasteiger partial charge on any atom is 0.363 e. The van der Waals surface area contributed by atoms with Gasteiger partial charge < -0.3 is 14.6 Å². The SMILES string of the molecule is O=C1OC(C(Cl)(C(=O)O)c2ccccc2)=NC1=Cc1cccc(Oc2ccc(Cl)nc2)c1. The number of hydrogen-bond donors (Lipinski definition) is 1. The normalized spacial score (nSPS) is 16.2. The number of carbonyl (C=O) groups excluding carboxylic acids is 1. The minimum atomic E-state index is -2.14. The van der Waals surface area contributed by atoms with Crippen molar-refractivity contribution < 1.29 is 24.2 Å². The average Bonchev–Trinajstić information content (AvgIpc) is 3.16. The Kier molecular flexibility index (Phi) is 5.94. The first-order valence-electron chi connectivity index (χ1n) is 9.26. The van der Waals surface area contributed by atoms with Crippen LogP contribution in [0.3, 0.4) is 0 Å². The molecular weight excluding hydrogens is 455 g/mol. The number of nitrogens with zero attached hydrogens (tertiary/aromatic N) is 2. The van der Waals surface area contributed by atoms with Gasteiger partial charge in [0.05, 0.1) is 6.20 Å². The van der Waals surface area contributed by atoms with Gasteiger partial charge in [-0.15, -0.1) is 0 Å². The average molecular weight is 469 g/mol. The van der Waals surface area contributed by atoms with Gasteiger partial charge in [-0.25, -0.2) is 19.6 Å².